The van der Waals surface area contributed by atoms with Crippen molar-refractivity contribution in [3.63, 3.8) is 0 Å². The highest BCUT2D eigenvalue weighted by Crippen LogP contribution is 2.34. The Balaban J connectivity index is 1.50. The van der Waals surface area contributed by atoms with Crippen LogP contribution in [0.1, 0.15) is 36.2 Å². The van der Waals surface area contributed by atoms with E-state index in [1.54, 1.807) is 47.4 Å². The van der Waals surface area contributed by atoms with Gasteiger partial charge in [0.15, 0.2) is 12.7 Å². The number of likely N-dealkylation sites (tertiary alicyclic amines) is 1. The number of hydrogen-bond acceptors (Lipinski definition) is 6. The first-order valence-electron chi connectivity index (χ1n) is 8.75. The molecule has 2 aromatic rings. The van der Waals surface area contributed by atoms with E-state index in [0.717, 1.165) is 17.7 Å². The van der Waals surface area contributed by atoms with Gasteiger partial charge in [0.2, 0.25) is 0 Å². The van der Waals surface area contributed by atoms with Crippen LogP contribution in [0.15, 0.2) is 41.8 Å². The highest BCUT2D eigenvalue weighted by atomic mass is 32.1. The van der Waals surface area contributed by atoms with Crippen molar-refractivity contribution < 1.29 is 19.1 Å². The molecule has 1 fully saturated rings. The molecular formula is C20H20N2O4S. The smallest absolute Gasteiger partial charge is 0.347 e. The second-order valence-corrected chi connectivity index (χ2v) is 7.24. The van der Waals surface area contributed by atoms with Gasteiger partial charge in [-0.1, -0.05) is 6.07 Å². The zero-order valence-electron chi connectivity index (χ0n) is 15.0. The lowest BCUT2D eigenvalue weighted by atomic mass is 10.2. The lowest BCUT2D eigenvalue weighted by Crippen LogP contribution is -2.36. The Morgan fingerprint density at radius 3 is 2.78 bits per heavy atom. The van der Waals surface area contributed by atoms with E-state index in [4.69, 9.17) is 14.7 Å². The molecule has 2 unspecified atom stereocenters. The van der Waals surface area contributed by atoms with Gasteiger partial charge in [-0.2, -0.15) is 5.26 Å². The zero-order chi connectivity index (χ0) is 19.2. The molecule has 2 heterocycles. The second kappa shape index (κ2) is 8.69. The van der Waals surface area contributed by atoms with Crippen molar-refractivity contribution in [3.8, 4) is 11.8 Å². The third-order valence-electron chi connectivity index (χ3n) is 4.41. The Morgan fingerprint density at radius 1 is 1.33 bits per heavy atom. The normalized spacial score (nSPS) is 17.2. The SMILES string of the molecule is CC(Oc1ccc(C#N)cc1)C(=O)OCC(=O)N1CCCC1c1cccs1. The Labute approximate surface area is 161 Å². The van der Waals surface area contributed by atoms with E-state index in [2.05, 4.69) is 0 Å². The number of hydrogen-bond donors (Lipinski definition) is 0. The van der Waals surface area contributed by atoms with Crippen molar-refractivity contribution in [3.05, 3.63) is 52.2 Å². The number of thiophene rings is 1. The van der Waals surface area contributed by atoms with E-state index in [9.17, 15) is 9.59 Å². The molecule has 0 aliphatic carbocycles. The number of carbonyl (C=O) groups excluding carboxylic acids is 2. The fraction of sp³-hybridized carbons (Fsp3) is 0.350. The summed E-state index contributed by atoms with van der Waals surface area (Å²) in [5.41, 5.74) is 0.508. The Kier molecular flexibility index (Phi) is 6.09. The highest BCUT2D eigenvalue weighted by molar-refractivity contribution is 7.10. The van der Waals surface area contributed by atoms with Gasteiger partial charge in [0.25, 0.3) is 5.91 Å². The van der Waals surface area contributed by atoms with Gasteiger partial charge in [0.1, 0.15) is 5.75 Å². The van der Waals surface area contributed by atoms with Gasteiger partial charge >= 0.3 is 5.97 Å². The van der Waals surface area contributed by atoms with Crippen LogP contribution >= 0.6 is 11.3 Å². The minimum absolute atomic E-state index is 0.0727. The maximum Gasteiger partial charge on any atom is 0.347 e. The summed E-state index contributed by atoms with van der Waals surface area (Å²) in [5.74, 6) is -0.327. The number of nitrogens with zero attached hydrogens (tertiary/aromatic N) is 2. The molecule has 1 aromatic carbocycles. The molecule has 0 N–H and O–H groups in total. The third kappa shape index (κ3) is 4.66. The van der Waals surface area contributed by atoms with Crippen molar-refractivity contribution >= 4 is 23.2 Å². The molecule has 2 atom stereocenters. The van der Waals surface area contributed by atoms with Crippen LogP contribution in [0, 0.1) is 11.3 Å². The highest BCUT2D eigenvalue weighted by Gasteiger charge is 2.31. The Hall–Kier alpha value is -2.85. The summed E-state index contributed by atoms with van der Waals surface area (Å²) in [6.07, 6.45) is 1.02. The first-order valence-corrected chi connectivity index (χ1v) is 9.63. The van der Waals surface area contributed by atoms with E-state index >= 15 is 0 Å². The van der Waals surface area contributed by atoms with Gasteiger partial charge in [-0.05, 0) is 55.5 Å². The maximum absolute atomic E-state index is 12.5. The average Bonchev–Trinajstić information content (AvgIpc) is 3.37. The number of esters is 1. The van der Waals surface area contributed by atoms with Crippen LogP contribution in [-0.2, 0) is 14.3 Å². The molecule has 1 aromatic heterocycles. The van der Waals surface area contributed by atoms with Gasteiger partial charge in [-0.25, -0.2) is 4.79 Å². The van der Waals surface area contributed by atoms with Crippen molar-refractivity contribution in [1.82, 2.24) is 4.90 Å². The molecular weight excluding hydrogens is 364 g/mol. The van der Waals surface area contributed by atoms with Crippen LogP contribution in [0.5, 0.6) is 5.75 Å². The summed E-state index contributed by atoms with van der Waals surface area (Å²) in [4.78, 5) is 27.6. The summed E-state index contributed by atoms with van der Waals surface area (Å²) in [5, 5.41) is 10.8. The predicted molar refractivity (Wildman–Crippen MR) is 100 cm³/mol. The fourth-order valence-corrected chi connectivity index (χ4v) is 3.91. The van der Waals surface area contributed by atoms with Gasteiger partial charge < -0.3 is 14.4 Å². The van der Waals surface area contributed by atoms with Crippen LogP contribution in [-0.4, -0.2) is 36.0 Å². The molecule has 0 radical (unpaired) electrons. The minimum Gasteiger partial charge on any atom is -0.479 e. The van der Waals surface area contributed by atoms with Crippen LogP contribution in [0.4, 0.5) is 0 Å². The van der Waals surface area contributed by atoms with E-state index < -0.39 is 12.1 Å². The summed E-state index contributed by atoms with van der Waals surface area (Å²) >= 11 is 1.63. The number of rotatable bonds is 6. The molecule has 3 rings (SSSR count). The van der Waals surface area contributed by atoms with E-state index in [-0.39, 0.29) is 18.6 Å². The van der Waals surface area contributed by atoms with Crippen LogP contribution in [0.3, 0.4) is 0 Å². The largest absolute Gasteiger partial charge is 0.479 e. The van der Waals surface area contributed by atoms with E-state index in [1.807, 2.05) is 23.6 Å². The molecule has 0 spiro atoms. The number of amides is 1. The molecule has 6 nitrogen and oxygen atoms in total. The van der Waals surface area contributed by atoms with Crippen LogP contribution < -0.4 is 4.74 Å². The maximum atomic E-state index is 12.5. The molecule has 1 saturated heterocycles. The molecule has 0 saturated carbocycles. The standard InChI is InChI=1S/C20H20N2O4S/c1-14(26-16-8-6-15(12-21)7-9-16)20(24)25-13-19(23)22-10-2-4-17(22)18-5-3-11-27-18/h3,5-9,11,14,17H,2,4,10,13H2,1H3. The topological polar surface area (TPSA) is 79.6 Å². The summed E-state index contributed by atoms with van der Waals surface area (Å²) in [7, 11) is 0. The number of ether oxygens (including phenoxy) is 2. The van der Waals surface area contributed by atoms with Gasteiger partial charge in [-0.3, -0.25) is 4.79 Å². The van der Waals surface area contributed by atoms with Crippen molar-refractivity contribution in [2.24, 2.45) is 0 Å². The number of nitriles is 1. The lowest BCUT2D eigenvalue weighted by Gasteiger charge is -2.24. The monoisotopic (exact) mass is 384 g/mol. The Morgan fingerprint density at radius 2 is 2.11 bits per heavy atom. The third-order valence-corrected chi connectivity index (χ3v) is 5.38. The van der Waals surface area contributed by atoms with Gasteiger partial charge in [0.05, 0.1) is 17.7 Å². The fourth-order valence-electron chi connectivity index (χ4n) is 3.04. The number of carbonyl (C=O) groups is 2. The molecule has 1 aliphatic rings. The first-order chi connectivity index (χ1) is 13.1. The van der Waals surface area contributed by atoms with Gasteiger partial charge in [0, 0.05) is 11.4 Å². The summed E-state index contributed by atoms with van der Waals surface area (Å²) in [6, 6.07) is 12.5. The van der Waals surface area contributed by atoms with E-state index in [0.29, 0.717) is 17.9 Å². The Bertz CT molecular complexity index is 827. The molecule has 0 bridgehead atoms. The predicted octanol–water partition coefficient (Wildman–Crippen LogP) is 3.29. The summed E-state index contributed by atoms with van der Waals surface area (Å²) in [6.45, 7) is 1.95. The second-order valence-electron chi connectivity index (χ2n) is 6.26. The summed E-state index contributed by atoms with van der Waals surface area (Å²) < 4.78 is 10.7. The lowest BCUT2D eigenvalue weighted by molar-refractivity contribution is -0.157. The molecule has 1 aliphatic heterocycles. The van der Waals surface area contributed by atoms with Crippen molar-refractivity contribution in [2.45, 2.75) is 31.9 Å². The molecule has 140 valence electrons. The van der Waals surface area contributed by atoms with Crippen LogP contribution in [0.25, 0.3) is 0 Å². The zero-order valence-corrected chi connectivity index (χ0v) is 15.8. The van der Waals surface area contributed by atoms with E-state index in [1.165, 1.54) is 0 Å². The van der Waals surface area contributed by atoms with Crippen LogP contribution in [0.2, 0.25) is 0 Å². The average molecular weight is 384 g/mol. The number of benzene rings is 1. The van der Waals surface area contributed by atoms with Crippen molar-refractivity contribution in [2.75, 3.05) is 13.2 Å². The first kappa shape index (κ1) is 18.9. The van der Waals surface area contributed by atoms with Crippen molar-refractivity contribution in [1.29, 1.82) is 5.26 Å². The molecule has 1 amide bonds. The van der Waals surface area contributed by atoms with Gasteiger partial charge in [-0.15, -0.1) is 11.3 Å². The quantitative estimate of drug-likeness (QED) is 0.714. The molecule has 7 heteroatoms. The molecule has 27 heavy (non-hydrogen) atoms. The minimum atomic E-state index is -0.850.